The zero-order valence-electron chi connectivity index (χ0n) is 11.7. The van der Waals surface area contributed by atoms with E-state index in [2.05, 4.69) is 19.9 Å². The maximum atomic E-state index is 11.6. The first-order chi connectivity index (χ1) is 10.7. The molecule has 3 heterocycles. The standard InChI is InChI=1S/C14H10N6O2.H2O/c21-13-14(22)18-12-10(17-13)5-9(19-3-1-15-7-19)6-11(12)20-4-2-16-8-20;/h1-8H,(H,17,21)(H,18,22);1H2. The molecule has 3 aromatic heterocycles. The Kier molecular flexibility index (Phi) is 3.39. The average molecular weight is 312 g/mol. The second-order valence-corrected chi connectivity index (χ2v) is 4.74. The van der Waals surface area contributed by atoms with Gasteiger partial charge in [-0.05, 0) is 12.1 Å². The highest BCUT2D eigenvalue weighted by Gasteiger charge is 2.10. The molecule has 9 heteroatoms. The number of fused-ring (bicyclic) bond motifs is 1. The number of rotatable bonds is 2. The van der Waals surface area contributed by atoms with Gasteiger partial charge in [-0.15, -0.1) is 0 Å². The van der Waals surface area contributed by atoms with Crippen LogP contribution in [-0.4, -0.2) is 34.5 Å². The number of imidazole rings is 2. The number of nitrogens with one attached hydrogen (secondary N) is 2. The lowest BCUT2D eigenvalue weighted by atomic mass is 10.2. The van der Waals surface area contributed by atoms with Crippen LogP contribution in [0.3, 0.4) is 0 Å². The summed E-state index contributed by atoms with van der Waals surface area (Å²) < 4.78 is 3.57. The molecule has 0 aliphatic carbocycles. The number of nitrogens with zero attached hydrogens (tertiary/aromatic N) is 4. The molecule has 1 aromatic carbocycles. The summed E-state index contributed by atoms with van der Waals surface area (Å²) in [5.41, 5.74) is 1.19. The minimum atomic E-state index is -0.691. The molecule has 0 amide bonds. The highest BCUT2D eigenvalue weighted by Crippen LogP contribution is 2.22. The smallest absolute Gasteiger partial charge is 0.314 e. The van der Waals surface area contributed by atoms with Crippen molar-refractivity contribution < 1.29 is 5.48 Å². The van der Waals surface area contributed by atoms with Crippen LogP contribution in [0.1, 0.15) is 0 Å². The Morgan fingerprint density at radius 1 is 0.870 bits per heavy atom. The van der Waals surface area contributed by atoms with Gasteiger partial charge in [0.1, 0.15) is 0 Å². The average Bonchev–Trinajstić information content (AvgIpc) is 3.21. The molecule has 0 atom stereocenters. The lowest BCUT2D eigenvalue weighted by Gasteiger charge is -2.10. The topological polar surface area (TPSA) is 133 Å². The maximum absolute atomic E-state index is 11.6. The molecule has 23 heavy (non-hydrogen) atoms. The molecule has 9 nitrogen and oxygen atoms in total. The van der Waals surface area contributed by atoms with E-state index in [-0.39, 0.29) is 5.48 Å². The van der Waals surface area contributed by atoms with Crippen molar-refractivity contribution in [2.45, 2.75) is 0 Å². The number of benzene rings is 1. The number of aromatic nitrogens is 6. The molecule has 0 radical (unpaired) electrons. The van der Waals surface area contributed by atoms with Crippen molar-refractivity contribution in [2.75, 3.05) is 0 Å². The van der Waals surface area contributed by atoms with E-state index in [1.165, 1.54) is 0 Å². The van der Waals surface area contributed by atoms with Crippen LogP contribution in [0.5, 0.6) is 0 Å². The molecule has 4 N–H and O–H groups in total. The van der Waals surface area contributed by atoms with Crippen LogP contribution in [0.15, 0.2) is 59.2 Å². The third-order valence-electron chi connectivity index (χ3n) is 3.38. The van der Waals surface area contributed by atoms with E-state index in [0.29, 0.717) is 16.7 Å². The summed E-state index contributed by atoms with van der Waals surface area (Å²) in [4.78, 5) is 36.5. The van der Waals surface area contributed by atoms with E-state index < -0.39 is 11.1 Å². The number of H-pyrrole nitrogens is 2. The van der Waals surface area contributed by atoms with Gasteiger partial charge in [0.05, 0.1) is 35.1 Å². The van der Waals surface area contributed by atoms with Crippen LogP contribution < -0.4 is 11.1 Å². The quantitative estimate of drug-likeness (QED) is 0.494. The van der Waals surface area contributed by atoms with Gasteiger partial charge in [0, 0.05) is 24.8 Å². The van der Waals surface area contributed by atoms with Crippen LogP contribution in [-0.2, 0) is 0 Å². The summed E-state index contributed by atoms with van der Waals surface area (Å²) in [5.74, 6) is 0. The van der Waals surface area contributed by atoms with Crippen LogP contribution in [0, 0.1) is 0 Å². The lowest BCUT2D eigenvalue weighted by Crippen LogP contribution is -2.29. The van der Waals surface area contributed by atoms with Crippen molar-refractivity contribution in [2.24, 2.45) is 0 Å². The van der Waals surface area contributed by atoms with Gasteiger partial charge in [0.2, 0.25) is 0 Å². The van der Waals surface area contributed by atoms with Gasteiger partial charge < -0.3 is 24.6 Å². The van der Waals surface area contributed by atoms with Crippen molar-refractivity contribution in [3.63, 3.8) is 0 Å². The minimum absolute atomic E-state index is 0. The molecule has 116 valence electrons. The summed E-state index contributed by atoms with van der Waals surface area (Å²) in [6, 6.07) is 3.65. The zero-order chi connectivity index (χ0) is 15.1. The highest BCUT2D eigenvalue weighted by atomic mass is 16.2. The fourth-order valence-corrected chi connectivity index (χ4v) is 2.36. The van der Waals surface area contributed by atoms with Gasteiger partial charge >= 0.3 is 11.1 Å². The Hall–Kier alpha value is -3.46. The second kappa shape index (κ2) is 5.39. The molecule has 0 bridgehead atoms. The molecular formula is C14H12N6O3. The Morgan fingerprint density at radius 3 is 2.17 bits per heavy atom. The van der Waals surface area contributed by atoms with Gasteiger partial charge in [-0.25, -0.2) is 9.97 Å². The van der Waals surface area contributed by atoms with Crippen molar-refractivity contribution in [3.8, 4) is 11.4 Å². The molecule has 0 spiro atoms. The first-order valence-corrected chi connectivity index (χ1v) is 6.49. The highest BCUT2D eigenvalue weighted by molar-refractivity contribution is 5.85. The van der Waals surface area contributed by atoms with E-state index in [0.717, 1.165) is 5.69 Å². The van der Waals surface area contributed by atoms with Crippen molar-refractivity contribution in [3.05, 3.63) is 70.3 Å². The van der Waals surface area contributed by atoms with E-state index in [9.17, 15) is 9.59 Å². The van der Waals surface area contributed by atoms with Gasteiger partial charge in [-0.3, -0.25) is 9.59 Å². The monoisotopic (exact) mass is 312 g/mol. The summed E-state index contributed by atoms with van der Waals surface area (Å²) in [5, 5.41) is 0. The molecule has 0 saturated carbocycles. The van der Waals surface area contributed by atoms with Gasteiger partial charge in [0.25, 0.3) is 0 Å². The summed E-state index contributed by atoms with van der Waals surface area (Å²) in [7, 11) is 0. The van der Waals surface area contributed by atoms with Crippen molar-refractivity contribution >= 4 is 11.0 Å². The molecule has 4 rings (SSSR count). The molecular weight excluding hydrogens is 300 g/mol. The summed E-state index contributed by atoms with van der Waals surface area (Å²) in [6.45, 7) is 0. The Balaban J connectivity index is 0.00000156. The number of aromatic amines is 2. The third-order valence-corrected chi connectivity index (χ3v) is 3.38. The fourth-order valence-electron chi connectivity index (χ4n) is 2.36. The van der Waals surface area contributed by atoms with Gasteiger partial charge in [0.15, 0.2) is 0 Å². The van der Waals surface area contributed by atoms with Crippen LogP contribution in [0.25, 0.3) is 22.4 Å². The Bertz CT molecular complexity index is 1060. The van der Waals surface area contributed by atoms with E-state index in [4.69, 9.17) is 0 Å². The lowest BCUT2D eigenvalue weighted by molar-refractivity contribution is 0.824. The first kappa shape index (κ1) is 14.5. The zero-order valence-corrected chi connectivity index (χ0v) is 11.7. The fraction of sp³-hybridized carbons (Fsp3) is 0. The first-order valence-electron chi connectivity index (χ1n) is 6.49. The predicted molar refractivity (Wildman–Crippen MR) is 83.0 cm³/mol. The molecule has 0 unspecified atom stereocenters. The van der Waals surface area contributed by atoms with E-state index in [1.54, 1.807) is 48.1 Å². The molecule has 0 aliphatic heterocycles. The molecule has 4 aromatic rings. The van der Waals surface area contributed by atoms with Crippen molar-refractivity contribution in [1.82, 2.24) is 29.1 Å². The minimum Gasteiger partial charge on any atom is -0.412 e. The molecule has 0 saturated heterocycles. The largest absolute Gasteiger partial charge is 0.412 e. The Labute approximate surface area is 128 Å². The van der Waals surface area contributed by atoms with Gasteiger partial charge in [-0.1, -0.05) is 0 Å². The number of hydrogen-bond acceptors (Lipinski definition) is 4. The number of hydrogen-bond donors (Lipinski definition) is 2. The van der Waals surface area contributed by atoms with E-state index in [1.807, 2.05) is 10.6 Å². The SMILES string of the molecule is O.O=c1[nH]c2cc(-n3ccnc3)cc(-n3ccnc3)c2[nH]c1=O. The van der Waals surface area contributed by atoms with Crippen LogP contribution in [0.2, 0.25) is 0 Å². The summed E-state index contributed by atoms with van der Waals surface area (Å²) in [6.07, 6.45) is 10.1. The normalized spacial score (nSPS) is 10.6. The van der Waals surface area contributed by atoms with Crippen LogP contribution in [0.4, 0.5) is 0 Å². The molecule has 0 fully saturated rings. The molecule has 0 aliphatic rings. The van der Waals surface area contributed by atoms with E-state index >= 15 is 0 Å². The van der Waals surface area contributed by atoms with Crippen LogP contribution >= 0.6 is 0 Å². The third kappa shape index (κ3) is 2.34. The Morgan fingerprint density at radius 2 is 1.52 bits per heavy atom. The summed E-state index contributed by atoms with van der Waals surface area (Å²) >= 11 is 0. The second-order valence-electron chi connectivity index (χ2n) is 4.74. The maximum Gasteiger partial charge on any atom is 0.314 e. The van der Waals surface area contributed by atoms with Gasteiger partial charge in [-0.2, -0.15) is 0 Å². The van der Waals surface area contributed by atoms with Crippen molar-refractivity contribution in [1.29, 1.82) is 0 Å². The predicted octanol–water partition coefficient (Wildman–Crippen LogP) is -0.237.